The van der Waals surface area contributed by atoms with Gasteiger partial charge in [-0.2, -0.15) is 0 Å². The van der Waals surface area contributed by atoms with E-state index >= 15 is 0 Å². The second kappa shape index (κ2) is 4.67. The lowest BCUT2D eigenvalue weighted by Crippen LogP contribution is -3.06. The molecule has 0 saturated heterocycles. The van der Waals surface area contributed by atoms with Crippen LogP contribution in [0.15, 0.2) is 22.8 Å². The maximum Gasteiger partial charge on any atom is 0.374 e. The normalized spacial score (nSPS) is 10.4. The van der Waals surface area contributed by atoms with Crippen LogP contribution in [0, 0.1) is 0 Å². The van der Waals surface area contributed by atoms with Crippen LogP contribution in [0.5, 0.6) is 0 Å². The summed E-state index contributed by atoms with van der Waals surface area (Å²) in [4.78, 5) is 12.4. The van der Waals surface area contributed by atoms with Crippen molar-refractivity contribution in [2.24, 2.45) is 0 Å². The topological polar surface area (TPSA) is 43.9 Å². The van der Waals surface area contributed by atoms with Crippen LogP contribution in [0.4, 0.5) is 0 Å². The monoisotopic (exact) mass is 184 g/mol. The lowest BCUT2D eigenvalue weighted by molar-refractivity contribution is -0.858. The molecular weight excluding hydrogens is 170 g/mol. The van der Waals surface area contributed by atoms with Crippen molar-refractivity contribution in [2.45, 2.75) is 0 Å². The maximum atomic E-state index is 11.2. The minimum atomic E-state index is -0.397. The van der Waals surface area contributed by atoms with Gasteiger partial charge in [-0.3, -0.25) is 0 Å². The molecule has 0 amide bonds. The van der Waals surface area contributed by atoms with E-state index in [1.807, 2.05) is 14.1 Å². The fourth-order valence-corrected chi connectivity index (χ4v) is 0.814. The molecule has 1 aromatic rings. The van der Waals surface area contributed by atoms with E-state index in [2.05, 4.69) is 0 Å². The molecule has 0 bridgehead atoms. The van der Waals surface area contributed by atoms with Crippen molar-refractivity contribution in [2.75, 3.05) is 27.2 Å². The summed E-state index contributed by atoms with van der Waals surface area (Å²) in [5, 5.41) is 0. The van der Waals surface area contributed by atoms with E-state index in [0.29, 0.717) is 6.61 Å². The van der Waals surface area contributed by atoms with E-state index in [4.69, 9.17) is 9.15 Å². The SMILES string of the molecule is C[NH+](C)CCOC(=O)c1ccco1. The van der Waals surface area contributed by atoms with Crippen molar-refractivity contribution in [1.82, 2.24) is 0 Å². The number of likely N-dealkylation sites (N-methyl/N-ethyl adjacent to an activating group) is 1. The molecule has 0 saturated carbocycles. The highest BCUT2D eigenvalue weighted by Crippen LogP contribution is 2.01. The van der Waals surface area contributed by atoms with Gasteiger partial charge in [-0.05, 0) is 12.1 Å². The highest BCUT2D eigenvalue weighted by Gasteiger charge is 2.09. The number of rotatable bonds is 4. The summed E-state index contributed by atoms with van der Waals surface area (Å²) in [6.45, 7) is 1.22. The molecule has 0 aliphatic rings. The number of furan rings is 1. The summed E-state index contributed by atoms with van der Waals surface area (Å²) in [6, 6.07) is 3.25. The van der Waals surface area contributed by atoms with Crippen LogP contribution in [-0.4, -0.2) is 33.2 Å². The van der Waals surface area contributed by atoms with Gasteiger partial charge in [0.1, 0.15) is 13.2 Å². The smallest absolute Gasteiger partial charge is 0.374 e. The fraction of sp³-hybridized carbons (Fsp3) is 0.444. The van der Waals surface area contributed by atoms with Gasteiger partial charge in [-0.15, -0.1) is 0 Å². The number of carbonyl (C=O) groups excluding carboxylic acids is 1. The second-order valence-corrected chi connectivity index (χ2v) is 3.07. The molecular formula is C9H14NO3+. The molecule has 1 heterocycles. The zero-order chi connectivity index (χ0) is 9.68. The standard InChI is InChI=1S/C9H13NO3/c1-10(2)5-7-13-9(11)8-4-3-6-12-8/h3-4,6H,5,7H2,1-2H3/p+1. The Kier molecular flexibility index (Phi) is 3.52. The van der Waals surface area contributed by atoms with Crippen LogP contribution >= 0.6 is 0 Å². The third-order valence-corrected chi connectivity index (χ3v) is 1.56. The van der Waals surface area contributed by atoms with Crippen molar-refractivity contribution in [3.05, 3.63) is 24.2 Å². The Morgan fingerprint density at radius 2 is 2.38 bits per heavy atom. The molecule has 0 radical (unpaired) electrons. The van der Waals surface area contributed by atoms with Crippen LogP contribution in [0.25, 0.3) is 0 Å². The summed E-state index contributed by atoms with van der Waals surface area (Å²) in [5.41, 5.74) is 0. The first-order valence-corrected chi connectivity index (χ1v) is 4.20. The van der Waals surface area contributed by atoms with Crippen LogP contribution < -0.4 is 4.90 Å². The molecule has 13 heavy (non-hydrogen) atoms. The van der Waals surface area contributed by atoms with Gasteiger partial charge in [0.05, 0.1) is 20.4 Å². The quantitative estimate of drug-likeness (QED) is 0.646. The van der Waals surface area contributed by atoms with E-state index < -0.39 is 5.97 Å². The first-order valence-electron chi connectivity index (χ1n) is 4.20. The van der Waals surface area contributed by atoms with Gasteiger partial charge in [0.2, 0.25) is 5.76 Å². The molecule has 4 nitrogen and oxygen atoms in total. The van der Waals surface area contributed by atoms with Gasteiger partial charge in [0.25, 0.3) is 0 Å². The van der Waals surface area contributed by atoms with Gasteiger partial charge in [-0.1, -0.05) is 0 Å². The number of quaternary nitrogens is 1. The molecule has 0 unspecified atom stereocenters. The molecule has 0 atom stereocenters. The van der Waals surface area contributed by atoms with Crippen molar-refractivity contribution < 1.29 is 18.8 Å². The number of carbonyl (C=O) groups is 1. The summed E-state index contributed by atoms with van der Waals surface area (Å²) < 4.78 is 9.82. The van der Waals surface area contributed by atoms with Gasteiger partial charge < -0.3 is 14.1 Å². The molecule has 0 spiro atoms. The summed E-state index contributed by atoms with van der Waals surface area (Å²) in [6.07, 6.45) is 1.45. The molecule has 0 aliphatic heterocycles. The molecule has 1 rings (SSSR count). The van der Waals surface area contributed by atoms with E-state index in [-0.39, 0.29) is 5.76 Å². The lowest BCUT2D eigenvalue weighted by Gasteiger charge is -2.06. The number of hydrogen-bond donors (Lipinski definition) is 1. The van der Waals surface area contributed by atoms with Crippen LogP contribution in [0.2, 0.25) is 0 Å². The zero-order valence-electron chi connectivity index (χ0n) is 7.87. The van der Waals surface area contributed by atoms with Crippen molar-refractivity contribution in [3.8, 4) is 0 Å². The van der Waals surface area contributed by atoms with E-state index in [1.165, 1.54) is 11.2 Å². The van der Waals surface area contributed by atoms with Gasteiger partial charge >= 0.3 is 5.97 Å². The Labute approximate surface area is 77.1 Å². The van der Waals surface area contributed by atoms with Crippen LogP contribution in [0.3, 0.4) is 0 Å². The van der Waals surface area contributed by atoms with Gasteiger partial charge in [0, 0.05) is 0 Å². The highest BCUT2D eigenvalue weighted by atomic mass is 16.5. The first-order chi connectivity index (χ1) is 6.20. The summed E-state index contributed by atoms with van der Waals surface area (Å²) in [5.74, 6) is -0.139. The summed E-state index contributed by atoms with van der Waals surface area (Å²) in [7, 11) is 4.00. The number of nitrogens with one attached hydrogen (secondary N) is 1. The highest BCUT2D eigenvalue weighted by molar-refractivity contribution is 5.86. The predicted octanol–water partition coefficient (Wildman–Crippen LogP) is -0.419. The Balaban J connectivity index is 2.27. The molecule has 72 valence electrons. The zero-order valence-corrected chi connectivity index (χ0v) is 7.87. The van der Waals surface area contributed by atoms with Crippen molar-refractivity contribution >= 4 is 5.97 Å². The van der Waals surface area contributed by atoms with Crippen molar-refractivity contribution in [3.63, 3.8) is 0 Å². The predicted molar refractivity (Wildman–Crippen MR) is 46.7 cm³/mol. The second-order valence-electron chi connectivity index (χ2n) is 3.07. The van der Waals surface area contributed by atoms with Crippen molar-refractivity contribution in [1.29, 1.82) is 0 Å². The Morgan fingerprint density at radius 1 is 1.62 bits per heavy atom. The molecule has 0 fully saturated rings. The van der Waals surface area contributed by atoms with E-state index in [0.717, 1.165) is 6.54 Å². The third kappa shape index (κ3) is 3.29. The summed E-state index contributed by atoms with van der Waals surface area (Å²) >= 11 is 0. The Morgan fingerprint density at radius 3 is 2.92 bits per heavy atom. The minimum absolute atomic E-state index is 0.258. The molecule has 0 aromatic carbocycles. The lowest BCUT2D eigenvalue weighted by atomic mass is 10.4. The minimum Gasteiger partial charge on any atom is -0.457 e. The molecule has 4 heteroatoms. The molecule has 1 aromatic heterocycles. The molecule has 0 aliphatic carbocycles. The van der Waals surface area contributed by atoms with Gasteiger partial charge in [-0.25, -0.2) is 4.79 Å². The number of ether oxygens (including phenoxy) is 1. The van der Waals surface area contributed by atoms with Gasteiger partial charge in [0.15, 0.2) is 0 Å². The largest absolute Gasteiger partial charge is 0.457 e. The Hall–Kier alpha value is -1.29. The maximum absolute atomic E-state index is 11.2. The first kappa shape index (κ1) is 9.80. The van der Waals surface area contributed by atoms with E-state index in [1.54, 1.807) is 12.1 Å². The van der Waals surface area contributed by atoms with Crippen LogP contribution in [0.1, 0.15) is 10.6 Å². The average molecular weight is 184 g/mol. The number of hydrogen-bond acceptors (Lipinski definition) is 3. The fourth-order valence-electron chi connectivity index (χ4n) is 0.814. The Bertz CT molecular complexity index is 254. The number of esters is 1. The van der Waals surface area contributed by atoms with E-state index in [9.17, 15) is 4.79 Å². The average Bonchev–Trinajstić information content (AvgIpc) is 2.55. The third-order valence-electron chi connectivity index (χ3n) is 1.56. The van der Waals surface area contributed by atoms with Crippen LogP contribution in [-0.2, 0) is 4.74 Å². The molecule has 1 N–H and O–H groups in total.